The Morgan fingerprint density at radius 2 is 2.11 bits per heavy atom. The molecular formula is C13H20N4O. The van der Waals surface area contributed by atoms with Crippen LogP contribution < -0.4 is 4.90 Å². The van der Waals surface area contributed by atoms with E-state index >= 15 is 0 Å². The molecule has 98 valence electrons. The van der Waals surface area contributed by atoms with Crippen LogP contribution in [0, 0.1) is 0 Å². The van der Waals surface area contributed by atoms with E-state index in [2.05, 4.69) is 28.8 Å². The van der Waals surface area contributed by atoms with E-state index < -0.39 is 0 Å². The Morgan fingerprint density at radius 1 is 1.33 bits per heavy atom. The number of anilines is 1. The number of rotatable bonds is 6. The molecule has 0 bridgehead atoms. The van der Waals surface area contributed by atoms with Crippen LogP contribution in [0.25, 0.3) is 5.65 Å². The van der Waals surface area contributed by atoms with Gasteiger partial charge in [-0.25, -0.2) is 9.50 Å². The van der Waals surface area contributed by atoms with Crippen molar-refractivity contribution in [2.75, 3.05) is 18.1 Å². The minimum absolute atomic E-state index is 0.141. The summed E-state index contributed by atoms with van der Waals surface area (Å²) in [6.07, 6.45) is 5.73. The second kappa shape index (κ2) is 5.82. The molecule has 2 heterocycles. The molecule has 0 aliphatic rings. The average Bonchev–Trinajstić information content (AvgIpc) is 2.86. The minimum Gasteiger partial charge on any atom is -0.395 e. The molecule has 5 nitrogen and oxygen atoms in total. The van der Waals surface area contributed by atoms with E-state index in [1.165, 1.54) is 0 Å². The molecule has 0 fully saturated rings. The van der Waals surface area contributed by atoms with Gasteiger partial charge in [0.1, 0.15) is 5.82 Å². The van der Waals surface area contributed by atoms with E-state index in [1.807, 2.05) is 18.3 Å². The number of hydrogen-bond donors (Lipinski definition) is 1. The molecule has 0 radical (unpaired) electrons. The highest BCUT2D eigenvalue weighted by Gasteiger charge is 2.16. The molecule has 0 saturated heterocycles. The first-order valence-electron chi connectivity index (χ1n) is 6.48. The van der Waals surface area contributed by atoms with E-state index in [-0.39, 0.29) is 6.61 Å². The van der Waals surface area contributed by atoms with Gasteiger partial charge in [0.2, 0.25) is 0 Å². The Balaban J connectivity index is 2.33. The van der Waals surface area contributed by atoms with Gasteiger partial charge < -0.3 is 10.0 Å². The van der Waals surface area contributed by atoms with Gasteiger partial charge in [-0.3, -0.25) is 0 Å². The maximum Gasteiger partial charge on any atom is 0.157 e. The fourth-order valence-electron chi connectivity index (χ4n) is 2.28. The highest BCUT2D eigenvalue weighted by molar-refractivity contribution is 5.48. The summed E-state index contributed by atoms with van der Waals surface area (Å²) in [6, 6.07) is 4.25. The topological polar surface area (TPSA) is 53.7 Å². The number of aromatic nitrogens is 3. The maximum atomic E-state index is 9.22. The van der Waals surface area contributed by atoms with Crippen LogP contribution in [0.4, 0.5) is 5.82 Å². The van der Waals surface area contributed by atoms with Crippen LogP contribution >= 0.6 is 0 Å². The summed E-state index contributed by atoms with van der Waals surface area (Å²) in [5.41, 5.74) is 0.835. The van der Waals surface area contributed by atoms with Crippen molar-refractivity contribution in [2.45, 2.75) is 32.7 Å². The van der Waals surface area contributed by atoms with Gasteiger partial charge in [-0.15, -0.1) is 0 Å². The lowest BCUT2D eigenvalue weighted by Crippen LogP contribution is -2.37. The summed E-state index contributed by atoms with van der Waals surface area (Å²) in [5.74, 6) is 0.908. The van der Waals surface area contributed by atoms with Crippen LogP contribution in [0.2, 0.25) is 0 Å². The van der Waals surface area contributed by atoms with Crippen molar-refractivity contribution in [1.29, 1.82) is 0 Å². The molecule has 0 amide bonds. The number of nitrogens with zero attached hydrogens (tertiary/aromatic N) is 4. The molecule has 18 heavy (non-hydrogen) atoms. The summed E-state index contributed by atoms with van der Waals surface area (Å²) < 4.78 is 1.74. The van der Waals surface area contributed by atoms with Crippen molar-refractivity contribution >= 4 is 11.5 Å². The van der Waals surface area contributed by atoms with Crippen LogP contribution in [0.5, 0.6) is 0 Å². The van der Waals surface area contributed by atoms with E-state index in [0.717, 1.165) is 24.3 Å². The lowest BCUT2D eigenvalue weighted by molar-refractivity contribution is 0.295. The molecule has 0 aliphatic heterocycles. The van der Waals surface area contributed by atoms with E-state index in [1.54, 1.807) is 10.7 Å². The second-order valence-corrected chi connectivity index (χ2v) is 4.31. The quantitative estimate of drug-likeness (QED) is 0.845. The predicted octanol–water partition coefficient (Wildman–Crippen LogP) is 1.72. The Hall–Kier alpha value is -1.62. The first-order chi connectivity index (χ1) is 8.80. The Morgan fingerprint density at radius 3 is 2.78 bits per heavy atom. The van der Waals surface area contributed by atoms with Crippen molar-refractivity contribution in [3.05, 3.63) is 24.5 Å². The fraction of sp³-hybridized carbons (Fsp3) is 0.538. The van der Waals surface area contributed by atoms with Crippen molar-refractivity contribution < 1.29 is 5.11 Å². The molecular weight excluding hydrogens is 228 g/mol. The Labute approximate surface area is 107 Å². The number of aliphatic hydroxyl groups excluding tert-OH is 1. The SMILES string of the molecule is CCC(CC)N(CCO)c1ccn2nccc2n1. The molecule has 2 aromatic rings. The fourth-order valence-corrected chi connectivity index (χ4v) is 2.28. The minimum atomic E-state index is 0.141. The number of aliphatic hydroxyl groups is 1. The lowest BCUT2D eigenvalue weighted by atomic mass is 10.1. The monoisotopic (exact) mass is 248 g/mol. The summed E-state index contributed by atoms with van der Waals surface area (Å²) in [4.78, 5) is 6.76. The zero-order valence-electron chi connectivity index (χ0n) is 11.0. The standard InChI is InChI=1S/C13H20N4O/c1-3-11(4-2)16(9-10-18)12-6-8-17-13(15-12)5-7-14-17/h5-8,11,18H,3-4,9-10H2,1-2H3. The van der Waals surface area contributed by atoms with Crippen molar-refractivity contribution in [3.63, 3.8) is 0 Å². The van der Waals surface area contributed by atoms with E-state index in [9.17, 15) is 5.11 Å². The number of hydrogen-bond acceptors (Lipinski definition) is 4. The average molecular weight is 248 g/mol. The number of fused-ring (bicyclic) bond motifs is 1. The molecule has 0 spiro atoms. The third-order valence-electron chi connectivity index (χ3n) is 3.26. The molecule has 5 heteroatoms. The van der Waals surface area contributed by atoms with Crippen LogP contribution in [0.3, 0.4) is 0 Å². The van der Waals surface area contributed by atoms with Gasteiger partial charge in [0.05, 0.1) is 12.8 Å². The van der Waals surface area contributed by atoms with Gasteiger partial charge in [-0.05, 0) is 18.9 Å². The van der Waals surface area contributed by atoms with Crippen LogP contribution in [0.15, 0.2) is 24.5 Å². The van der Waals surface area contributed by atoms with E-state index in [4.69, 9.17) is 0 Å². The van der Waals surface area contributed by atoms with Crippen LogP contribution in [-0.2, 0) is 0 Å². The maximum absolute atomic E-state index is 9.22. The smallest absolute Gasteiger partial charge is 0.157 e. The van der Waals surface area contributed by atoms with Crippen molar-refractivity contribution in [3.8, 4) is 0 Å². The van der Waals surface area contributed by atoms with Crippen molar-refractivity contribution in [2.24, 2.45) is 0 Å². The van der Waals surface area contributed by atoms with Crippen LogP contribution in [-0.4, -0.2) is 38.9 Å². The largest absolute Gasteiger partial charge is 0.395 e. The van der Waals surface area contributed by atoms with Gasteiger partial charge in [0.15, 0.2) is 5.65 Å². The normalized spacial score (nSPS) is 11.3. The first kappa shape index (κ1) is 12.8. The second-order valence-electron chi connectivity index (χ2n) is 4.31. The molecule has 0 saturated carbocycles. The highest BCUT2D eigenvalue weighted by Crippen LogP contribution is 2.18. The molecule has 2 rings (SSSR count). The third kappa shape index (κ3) is 2.46. The summed E-state index contributed by atoms with van der Waals surface area (Å²) in [5, 5.41) is 13.4. The van der Waals surface area contributed by atoms with Gasteiger partial charge in [0, 0.05) is 24.8 Å². The Kier molecular flexibility index (Phi) is 4.15. The van der Waals surface area contributed by atoms with E-state index in [0.29, 0.717) is 12.6 Å². The predicted molar refractivity (Wildman–Crippen MR) is 71.8 cm³/mol. The zero-order chi connectivity index (χ0) is 13.0. The third-order valence-corrected chi connectivity index (χ3v) is 3.26. The molecule has 0 aromatic carbocycles. The molecule has 0 atom stereocenters. The molecule has 0 aliphatic carbocycles. The van der Waals surface area contributed by atoms with Gasteiger partial charge >= 0.3 is 0 Å². The van der Waals surface area contributed by atoms with Gasteiger partial charge in [-0.2, -0.15) is 5.10 Å². The molecule has 2 aromatic heterocycles. The lowest BCUT2D eigenvalue weighted by Gasteiger charge is -2.31. The van der Waals surface area contributed by atoms with Gasteiger partial charge in [0.25, 0.3) is 0 Å². The zero-order valence-corrected chi connectivity index (χ0v) is 11.0. The summed E-state index contributed by atoms with van der Waals surface area (Å²) in [6.45, 7) is 5.08. The summed E-state index contributed by atoms with van der Waals surface area (Å²) in [7, 11) is 0. The summed E-state index contributed by atoms with van der Waals surface area (Å²) >= 11 is 0. The molecule has 0 unspecified atom stereocenters. The van der Waals surface area contributed by atoms with Crippen LogP contribution in [0.1, 0.15) is 26.7 Å². The Bertz CT molecular complexity index is 492. The van der Waals surface area contributed by atoms with Crippen molar-refractivity contribution in [1.82, 2.24) is 14.6 Å². The first-order valence-corrected chi connectivity index (χ1v) is 6.48. The molecule has 1 N–H and O–H groups in total. The van der Waals surface area contributed by atoms with Gasteiger partial charge in [-0.1, -0.05) is 13.8 Å². The highest BCUT2D eigenvalue weighted by atomic mass is 16.3.